The highest BCUT2D eigenvalue weighted by atomic mass is 79.9. The highest BCUT2D eigenvalue weighted by Gasteiger charge is 2.27. The van der Waals surface area contributed by atoms with Gasteiger partial charge in [-0.05, 0) is 112 Å². The third-order valence-corrected chi connectivity index (χ3v) is 7.73. The maximum atomic E-state index is 6.00. The number of ether oxygens (including phenoxy) is 2. The van der Waals surface area contributed by atoms with Crippen molar-refractivity contribution in [2.75, 3.05) is 13.2 Å². The van der Waals surface area contributed by atoms with Gasteiger partial charge in [-0.3, -0.25) is 0 Å². The van der Waals surface area contributed by atoms with Crippen LogP contribution in [0.15, 0.2) is 42.2 Å². The second-order valence-electron chi connectivity index (χ2n) is 8.12. The van der Waals surface area contributed by atoms with E-state index in [4.69, 9.17) is 20.9 Å². The average molecular weight is 686 g/mol. The molecular weight excluding hydrogens is 656 g/mol. The molecule has 0 radical (unpaired) electrons. The van der Waals surface area contributed by atoms with Crippen LogP contribution in [0.2, 0.25) is 0 Å². The second kappa shape index (κ2) is 11.8. The van der Waals surface area contributed by atoms with E-state index in [9.17, 15) is 0 Å². The van der Waals surface area contributed by atoms with Crippen molar-refractivity contribution in [3.63, 3.8) is 0 Å². The van der Waals surface area contributed by atoms with Gasteiger partial charge in [-0.2, -0.15) is 0 Å². The molecule has 0 aromatic heterocycles. The quantitative estimate of drug-likeness (QED) is 0.276. The minimum atomic E-state index is -0.271. The van der Waals surface area contributed by atoms with Crippen molar-refractivity contribution in [1.29, 1.82) is 0 Å². The van der Waals surface area contributed by atoms with Crippen LogP contribution in [0.4, 0.5) is 0 Å². The molecule has 0 amide bonds. The molecule has 0 bridgehead atoms. The minimum absolute atomic E-state index is 0.0113. The summed E-state index contributed by atoms with van der Waals surface area (Å²) in [5.41, 5.74) is 14.0. The van der Waals surface area contributed by atoms with Gasteiger partial charge < -0.3 is 20.9 Å². The topological polar surface area (TPSA) is 70.5 Å². The minimum Gasteiger partial charge on any atom is -0.490 e. The van der Waals surface area contributed by atoms with E-state index in [-0.39, 0.29) is 17.5 Å². The smallest absolute Gasteiger partial charge is 0.147 e. The van der Waals surface area contributed by atoms with Gasteiger partial charge >= 0.3 is 0 Å². The Kier molecular flexibility index (Phi) is 10.4. The first-order valence-corrected chi connectivity index (χ1v) is 13.4. The standard InChI is InChI=1S/C23H30Br4N2O2/c1-5-15(28)11-30-21-17(24)7-13(8-18(21)25)23(3,4)14-9-19(26)22(20(27)10-14)31-12-16(29)6-2/h7-10,15-16H,5-6,11-12,28-29H2,1-4H3. The highest BCUT2D eigenvalue weighted by Crippen LogP contribution is 2.44. The van der Waals surface area contributed by atoms with E-state index in [0.717, 1.165) is 53.4 Å². The van der Waals surface area contributed by atoms with E-state index in [0.29, 0.717) is 13.2 Å². The van der Waals surface area contributed by atoms with Crippen LogP contribution in [-0.4, -0.2) is 25.3 Å². The van der Waals surface area contributed by atoms with Crippen molar-refractivity contribution in [1.82, 2.24) is 0 Å². The number of hydrogen-bond acceptors (Lipinski definition) is 4. The van der Waals surface area contributed by atoms with Crippen LogP contribution in [0.5, 0.6) is 11.5 Å². The molecule has 2 aromatic rings. The Bertz CT molecular complexity index is 788. The average Bonchev–Trinajstić information content (AvgIpc) is 2.71. The van der Waals surface area contributed by atoms with Crippen molar-refractivity contribution in [2.45, 2.75) is 58.0 Å². The summed E-state index contributed by atoms with van der Waals surface area (Å²) in [5.74, 6) is 1.53. The Morgan fingerprint density at radius 1 is 0.710 bits per heavy atom. The SMILES string of the molecule is CCC(N)COc1c(Br)cc(C(C)(C)c2cc(Br)c(OCC(N)CC)c(Br)c2)cc1Br. The number of hydrogen-bond donors (Lipinski definition) is 2. The Hall–Kier alpha value is -0.120. The summed E-state index contributed by atoms with van der Waals surface area (Å²) < 4.78 is 15.4. The van der Waals surface area contributed by atoms with Gasteiger partial charge in [0.15, 0.2) is 0 Å². The first-order chi connectivity index (χ1) is 14.5. The lowest BCUT2D eigenvalue weighted by molar-refractivity contribution is 0.282. The van der Waals surface area contributed by atoms with E-state index in [1.54, 1.807) is 0 Å². The Labute approximate surface area is 219 Å². The van der Waals surface area contributed by atoms with Gasteiger partial charge in [-0.25, -0.2) is 0 Å². The highest BCUT2D eigenvalue weighted by molar-refractivity contribution is 9.11. The maximum absolute atomic E-state index is 6.00. The number of benzene rings is 2. The monoisotopic (exact) mass is 682 g/mol. The van der Waals surface area contributed by atoms with Crippen LogP contribution >= 0.6 is 63.7 Å². The van der Waals surface area contributed by atoms with Crippen molar-refractivity contribution < 1.29 is 9.47 Å². The Morgan fingerprint density at radius 2 is 1.00 bits per heavy atom. The van der Waals surface area contributed by atoms with Crippen LogP contribution in [0, 0.1) is 0 Å². The lowest BCUT2D eigenvalue weighted by atomic mass is 9.78. The lowest BCUT2D eigenvalue weighted by Crippen LogP contribution is -2.27. The predicted molar refractivity (Wildman–Crippen MR) is 143 cm³/mol. The molecule has 172 valence electrons. The van der Waals surface area contributed by atoms with Gasteiger partial charge in [0.25, 0.3) is 0 Å². The third-order valence-electron chi connectivity index (χ3n) is 5.37. The molecule has 2 rings (SSSR count). The molecule has 0 aliphatic heterocycles. The molecule has 0 saturated carbocycles. The molecule has 0 heterocycles. The molecule has 0 aliphatic carbocycles. The number of halogens is 4. The largest absolute Gasteiger partial charge is 0.490 e. The van der Waals surface area contributed by atoms with Crippen molar-refractivity contribution in [2.24, 2.45) is 11.5 Å². The van der Waals surface area contributed by atoms with Crippen molar-refractivity contribution in [3.05, 3.63) is 53.3 Å². The number of nitrogens with two attached hydrogens (primary N) is 2. The fourth-order valence-electron chi connectivity index (χ4n) is 2.90. The summed E-state index contributed by atoms with van der Waals surface area (Å²) in [4.78, 5) is 0. The van der Waals surface area contributed by atoms with Crippen LogP contribution < -0.4 is 20.9 Å². The second-order valence-corrected chi connectivity index (χ2v) is 11.5. The van der Waals surface area contributed by atoms with Gasteiger partial charge in [0.05, 0.1) is 17.9 Å². The predicted octanol–water partition coefficient (Wildman–Crippen LogP) is 7.29. The van der Waals surface area contributed by atoms with Gasteiger partial charge in [-0.15, -0.1) is 0 Å². The molecule has 0 saturated heterocycles. The zero-order valence-electron chi connectivity index (χ0n) is 18.3. The van der Waals surface area contributed by atoms with Crippen LogP contribution in [0.3, 0.4) is 0 Å². The molecule has 2 atom stereocenters. The fraction of sp³-hybridized carbons (Fsp3) is 0.478. The van der Waals surface area contributed by atoms with Crippen LogP contribution in [-0.2, 0) is 5.41 Å². The lowest BCUT2D eigenvalue weighted by Gasteiger charge is -2.28. The van der Waals surface area contributed by atoms with Gasteiger partial charge in [-0.1, -0.05) is 27.7 Å². The summed E-state index contributed by atoms with van der Waals surface area (Å²) in [5, 5.41) is 0. The van der Waals surface area contributed by atoms with E-state index in [2.05, 4.69) is 116 Å². The van der Waals surface area contributed by atoms with Crippen molar-refractivity contribution >= 4 is 63.7 Å². The van der Waals surface area contributed by atoms with Crippen molar-refractivity contribution in [3.8, 4) is 11.5 Å². The number of rotatable bonds is 10. The summed E-state index contributed by atoms with van der Waals surface area (Å²) in [6, 6.07) is 8.43. The molecule has 2 unspecified atom stereocenters. The first kappa shape index (κ1) is 27.1. The van der Waals surface area contributed by atoms with E-state index in [1.165, 1.54) is 0 Å². The maximum Gasteiger partial charge on any atom is 0.147 e. The van der Waals surface area contributed by atoms with Gasteiger partial charge in [0.2, 0.25) is 0 Å². The first-order valence-electron chi connectivity index (χ1n) is 10.3. The van der Waals surface area contributed by atoms with Crippen LogP contribution in [0.1, 0.15) is 51.7 Å². The van der Waals surface area contributed by atoms with Crippen LogP contribution in [0.25, 0.3) is 0 Å². The molecule has 2 aromatic carbocycles. The van der Waals surface area contributed by atoms with Gasteiger partial charge in [0.1, 0.15) is 24.7 Å². The third kappa shape index (κ3) is 6.93. The summed E-state index contributed by atoms with van der Waals surface area (Å²) in [6.45, 7) is 9.43. The summed E-state index contributed by atoms with van der Waals surface area (Å²) in [7, 11) is 0. The molecular formula is C23H30Br4N2O2. The molecule has 4 nitrogen and oxygen atoms in total. The van der Waals surface area contributed by atoms with E-state index in [1.807, 2.05) is 0 Å². The summed E-state index contributed by atoms with van der Waals surface area (Å²) >= 11 is 14.7. The molecule has 4 N–H and O–H groups in total. The molecule has 0 fully saturated rings. The van der Waals surface area contributed by atoms with E-state index < -0.39 is 0 Å². The van der Waals surface area contributed by atoms with E-state index >= 15 is 0 Å². The zero-order valence-corrected chi connectivity index (χ0v) is 24.6. The normalized spacial score (nSPS) is 13.7. The van der Waals surface area contributed by atoms with Gasteiger partial charge in [0, 0.05) is 17.5 Å². The fourth-order valence-corrected chi connectivity index (χ4v) is 5.73. The Morgan fingerprint density at radius 3 is 1.26 bits per heavy atom. The zero-order chi connectivity index (χ0) is 23.3. The molecule has 0 spiro atoms. The Balaban J connectivity index is 2.34. The molecule has 31 heavy (non-hydrogen) atoms. The molecule has 0 aliphatic rings. The molecule has 8 heteroatoms. The summed E-state index contributed by atoms with van der Waals surface area (Å²) in [6.07, 6.45) is 1.74.